The van der Waals surface area contributed by atoms with Crippen molar-refractivity contribution in [1.82, 2.24) is 0 Å². The fourth-order valence-electron chi connectivity index (χ4n) is 0.568. The third-order valence-corrected chi connectivity index (χ3v) is 1.05. The third-order valence-electron chi connectivity index (χ3n) is 1.05. The molecule has 86 valence electrons. The zero-order chi connectivity index (χ0) is 11.6. The summed E-state index contributed by atoms with van der Waals surface area (Å²) in [5.74, 6) is -0.175. The predicted molar refractivity (Wildman–Crippen MR) is 56.9 cm³/mol. The lowest BCUT2D eigenvalue weighted by molar-refractivity contribution is -0.141. The van der Waals surface area contributed by atoms with Crippen LogP contribution in [0.1, 0.15) is 33.1 Å². The van der Waals surface area contributed by atoms with Gasteiger partial charge in [-0.3, -0.25) is 4.79 Å². The summed E-state index contributed by atoms with van der Waals surface area (Å²) in [4.78, 5) is 10.2. The molecule has 5 heteroatoms. The van der Waals surface area contributed by atoms with Crippen molar-refractivity contribution in [2.45, 2.75) is 33.1 Å². The molecule has 0 aromatic carbocycles. The summed E-state index contributed by atoms with van der Waals surface area (Å²) in [5.41, 5.74) is 0. The number of carbonyl (C=O) groups excluding carboxylic acids is 1. The minimum atomic E-state index is -2.67. The number of sulfone groups is 1. The number of ether oxygens (including phenoxy) is 1. The monoisotopic (exact) mass is 224 g/mol. The van der Waals surface area contributed by atoms with Gasteiger partial charge in [-0.05, 0) is 6.42 Å². The van der Waals surface area contributed by atoms with Crippen molar-refractivity contribution in [1.29, 1.82) is 0 Å². The summed E-state index contributed by atoms with van der Waals surface area (Å²) in [6.45, 7) is 4.14. The van der Waals surface area contributed by atoms with E-state index in [4.69, 9.17) is 4.74 Å². The van der Waals surface area contributed by atoms with Crippen molar-refractivity contribution in [2.24, 2.45) is 0 Å². The van der Waals surface area contributed by atoms with Crippen LogP contribution >= 0.6 is 0 Å². The molecule has 0 radical (unpaired) electrons. The molecule has 0 spiro atoms. The van der Waals surface area contributed by atoms with E-state index in [0.29, 0.717) is 6.61 Å². The molecule has 0 atom stereocenters. The molecular formula is C9H20O4S. The molecule has 4 nitrogen and oxygen atoms in total. The minimum absolute atomic E-state index is 0.175. The van der Waals surface area contributed by atoms with E-state index in [9.17, 15) is 13.2 Å². The molecule has 0 aromatic heterocycles. The number of esters is 1. The van der Waals surface area contributed by atoms with E-state index < -0.39 is 9.84 Å². The molecule has 0 rings (SSSR count). The molecule has 0 unspecified atom stereocenters. The van der Waals surface area contributed by atoms with Gasteiger partial charge in [-0.2, -0.15) is 0 Å². The van der Waals surface area contributed by atoms with Gasteiger partial charge in [0.1, 0.15) is 9.84 Å². The number of rotatable bonds is 4. The van der Waals surface area contributed by atoms with Crippen molar-refractivity contribution < 1.29 is 17.9 Å². The first-order chi connectivity index (χ1) is 6.27. The van der Waals surface area contributed by atoms with Gasteiger partial charge >= 0.3 is 5.97 Å². The van der Waals surface area contributed by atoms with Gasteiger partial charge < -0.3 is 4.74 Å². The Labute approximate surface area is 86.6 Å². The zero-order valence-electron chi connectivity index (χ0n) is 9.37. The van der Waals surface area contributed by atoms with Gasteiger partial charge in [0.2, 0.25) is 0 Å². The first-order valence-corrected chi connectivity index (χ1v) is 6.85. The van der Waals surface area contributed by atoms with Gasteiger partial charge in [-0.25, -0.2) is 8.42 Å². The van der Waals surface area contributed by atoms with E-state index >= 15 is 0 Å². The molecule has 0 heterocycles. The Hall–Kier alpha value is -0.580. The molecule has 14 heavy (non-hydrogen) atoms. The van der Waals surface area contributed by atoms with Crippen LogP contribution in [0.25, 0.3) is 0 Å². The van der Waals surface area contributed by atoms with Crippen LogP contribution in [0.15, 0.2) is 0 Å². The Morgan fingerprint density at radius 2 is 1.64 bits per heavy atom. The molecule has 0 fully saturated rings. The minimum Gasteiger partial charge on any atom is -0.466 e. The van der Waals surface area contributed by atoms with Gasteiger partial charge in [0, 0.05) is 19.4 Å². The van der Waals surface area contributed by atoms with Gasteiger partial charge in [0.05, 0.1) is 6.61 Å². The number of carbonyl (C=O) groups is 1. The maximum Gasteiger partial charge on any atom is 0.302 e. The second-order valence-corrected chi connectivity index (χ2v) is 5.48. The van der Waals surface area contributed by atoms with Gasteiger partial charge in [-0.15, -0.1) is 0 Å². The van der Waals surface area contributed by atoms with E-state index in [1.165, 1.54) is 13.3 Å². The van der Waals surface area contributed by atoms with Crippen LogP contribution in [0, 0.1) is 0 Å². The predicted octanol–water partition coefficient (Wildman–Crippen LogP) is 1.40. The summed E-state index contributed by atoms with van der Waals surface area (Å²) in [7, 11) is -2.67. The van der Waals surface area contributed by atoms with Gasteiger partial charge in [0.25, 0.3) is 0 Å². The third kappa shape index (κ3) is 42.2. The molecule has 0 aliphatic rings. The Balaban J connectivity index is 0. The lowest BCUT2D eigenvalue weighted by Crippen LogP contribution is -1.99. The van der Waals surface area contributed by atoms with E-state index in [1.807, 2.05) is 0 Å². The second kappa shape index (κ2) is 8.99. The first-order valence-electron chi connectivity index (χ1n) is 4.55. The molecule has 0 aromatic rings. The fraction of sp³-hybridized carbons (Fsp3) is 0.889. The quantitative estimate of drug-likeness (QED) is 0.535. The van der Waals surface area contributed by atoms with Crippen LogP contribution in [-0.4, -0.2) is 33.5 Å². The summed E-state index contributed by atoms with van der Waals surface area (Å²) in [6, 6.07) is 0. The second-order valence-electron chi connectivity index (χ2n) is 3.19. The number of unbranched alkanes of at least 4 members (excludes halogenated alkanes) is 2. The molecular weight excluding hydrogens is 204 g/mol. The van der Waals surface area contributed by atoms with Gasteiger partial charge in [-0.1, -0.05) is 19.8 Å². The topological polar surface area (TPSA) is 60.4 Å². The summed E-state index contributed by atoms with van der Waals surface area (Å²) in [5, 5.41) is 0. The SMILES string of the molecule is CCCCCOC(C)=O.CS(C)(=O)=O. The van der Waals surface area contributed by atoms with Crippen molar-refractivity contribution >= 4 is 15.8 Å². The molecule has 0 aliphatic heterocycles. The average Bonchev–Trinajstić information content (AvgIpc) is 1.94. The summed E-state index contributed by atoms with van der Waals surface area (Å²) < 4.78 is 24.0. The van der Waals surface area contributed by atoms with Crippen molar-refractivity contribution in [3.05, 3.63) is 0 Å². The van der Waals surface area contributed by atoms with Crippen LogP contribution < -0.4 is 0 Å². The van der Waals surface area contributed by atoms with Crippen LogP contribution in [0.3, 0.4) is 0 Å². The maximum absolute atomic E-state index is 10.2. The highest BCUT2D eigenvalue weighted by Crippen LogP contribution is 1.93. The number of hydrogen-bond donors (Lipinski definition) is 0. The Morgan fingerprint density at radius 1 is 1.21 bits per heavy atom. The smallest absolute Gasteiger partial charge is 0.302 e. The molecule has 0 amide bonds. The molecule has 0 saturated heterocycles. The van der Waals surface area contributed by atoms with Gasteiger partial charge in [0.15, 0.2) is 0 Å². The van der Waals surface area contributed by atoms with Crippen LogP contribution in [-0.2, 0) is 19.4 Å². The van der Waals surface area contributed by atoms with Crippen LogP contribution in [0.5, 0.6) is 0 Å². The highest BCUT2D eigenvalue weighted by atomic mass is 32.2. The largest absolute Gasteiger partial charge is 0.466 e. The maximum atomic E-state index is 10.2. The van der Waals surface area contributed by atoms with Crippen molar-refractivity contribution in [3.63, 3.8) is 0 Å². The fourth-order valence-corrected chi connectivity index (χ4v) is 0.568. The highest BCUT2D eigenvalue weighted by Gasteiger charge is 1.89. The van der Waals surface area contributed by atoms with Crippen LogP contribution in [0.4, 0.5) is 0 Å². The number of hydrogen-bond acceptors (Lipinski definition) is 4. The molecule has 0 bridgehead atoms. The normalized spacial score (nSPS) is 10.0. The van der Waals surface area contributed by atoms with E-state index in [-0.39, 0.29) is 5.97 Å². The Kier molecular flexibility index (Phi) is 10.2. The van der Waals surface area contributed by atoms with Crippen molar-refractivity contribution in [2.75, 3.05) is 19.1 Å². The van der Waals surface area contributed by atoms with E-state index in [2.05, 4.69) is 6.92 Å². The van der Waals surface area contributed by atoms with Crippen molar-refractivity contribution in [3.8, 4) is 0 Å². The Bertz CT molecular complexity index is 223. The highest BCUT2D eigenvalue weighted by molar-refractivity contribution is 7.89. The molecule has 0 aliphatic carbocycles. The molecule has 0 saturated carbocycles. The lowest BCUT2D eigenvalue weighted by atomic mass is 10.3. The Morgan fingerprint density at radius 3 is 1.93 bits per heavy atom. The lowest BCUT2D eigenvalue weighted by Gasteiger charge is -1.98. The van der Waals surface area contributed by atoms with E-state index in [0.717, 1.165) is 25.4 Å². The van der Waals surface area contributed by atoms with E-state index in [1.54, 1.807) is 0 Å². The average molecular weight is 224 g/mol. The van der Waals surface area contributed by atoms with Crippen LogP contribution in [0.2, 0.25) is 0 Å². The standard InChI is InChI=1S/C7H14O2.C2H6O2S/c1-3-4-5-6-9-7(2)8;1-5(2,3)4/h3-6H2,1-2H3;1-2H3. The first kappa shape index (κ1) is 15.9. The molecule has 0 N–H and O–H groups in total. The summed E-state index contributed by atoms with van der Waals surface area (Å²) >= 11 is 0. The zero-order valence-corrected chi connectivity index (χ0v) is 10.2. The summed E-state index contributed by atoms with van der Waals surface area (Å²) in [6.07, 6.45) is 5.63.